The second-order valence-corrected chi connectivity index (χ2v) is 6.32. The minimum atomic E-state index is -1.14. The molecule has 1 heterocycles. The largest absolute Gasteiger partial charge is 0.457 e. The fraction of sp³-hybridized carbons (Fsp3) is 0.316. The van der Waals surface area contributed by atoms with E-state index in [1.165, 1.54) is 0 Å². The average molecular weight is 327 g/mol. The van der Waals surface area contributed by atoms with Crippen molar-refractivity contribution in [2.24, 2.45) is 0 Å². The van der Waals surface area contributed by atoms with Crippen LogP contribution in [0, 0.1) is 0 Å². The van der Waals surface area contributed by atoms with Crippen molar-refractivity contribution >= 4 is 5.91 Å². The van der Waals surface area contributed by atoms with Gasteiger partial charge >= 0.3 is 0 Å². The van der Waals surface area contributed by atoms with Crippen LogP contribution in [0.1, 0.15) is 23.7 Å². The SMILES string of the molecule is C[C@@]1(O)CCN(C(=O)c2cccc(Oc3ccccc3)c2)C[C@H]1O. The quantitative estimate of drug-likeness (QED) is 0.908. The molecule has 0 aromatic heterocycles. The van der Waals surface area contributed by atoms with Crippen LogP contribution in [0.25, 0.3) is 0 Å². The highest BCUT2D eigenvalue weighted by Crippen LogP contribution is 2.25. The maximum absolute atomic E-state index is 12.6. The third kappa shape index (κ3) is 3.58. The topological polar surface area (TPSA) is 70.0 Å². The lowest BCUT2D eigenvalue weighted by Gasteiger charge is -2.39. The van der Waals surface area contributed by atoms with Gasteiger partial charge in [0.15, 0.2) is 0 Å². The number of ether oxygens (including phenoxy) is 1. The summed E-state index contributed by atoms with van der Waals surface area (Å²) in [5, 5.41) is 20.0. The van der Waals surface area contributed by atoms with Crippen molar-refractivity contribution in [1.29, 1.82) is 0 Å². The smallest absolute Gasteiger partial charge is 0.254 e. The second kappa shape index (κ2) is 6.63. The van der Waals surface area contributed by atoms with Gasteiger partial charge in [-0.3, -0.25) is 4.79 Å². The van der Waals surface area contributed by atoms with Crippen molar-refractivity contribution in [2.75, 3.05) is 13.1 Å². The first-order valence-electron chi connectivity index (χ1n) is 7.98. The molecule has 1 aliphatic rings. The van der Waals surface area contributed by atoms with Crippen LogP contribution in [0.15, 0.2) is 54.6 Å². The van der Waals surface area contributed by atoms with Crippen LogP contribution < -0.4 is 4.74 Å². The predicted octanol–water partition coefficient (Wildman–Crippen LogP) is 2.44. The molecule has 0 unspecified atom stereocenters. The molecule has 0 bridgehead atoms. The summed E-state index contributed by atoms with van der Waals surface area (Å²) in [6.07, 6.45) is -0.598. The lowest BCUT2D eigenvalue weighted by Crippen LogP contribution is -2.55. The summed E-state index contributed by atoms with van der Waals surface area (Å²) in [7, 11) is 0. The summed E-state index contributed by atoms with van der Waals surface area (Å²) in [5.74, 6) is 1.10. The number of para-hydroxylation sites is 1. The number of likely N-dealkylation sites (tertiary alicyclic amines) is 1. The summed E-state index contributed by atoms with van der Waals surface area (Å²) in [6.45, 7) is 2.12. The average Bonchev–Trinajstić information content (AvgIpc) is 2.58. The Morgan fingerprint density at radius 1 is 1.17 bits per heavy atom. The van der Waals surface area contributed by atoms with E-state index in [4.69, 9.17) is 4.74 Å². The van der Waals surface area contributed by atoms with Crippen LogP contribution in [0.3, 0.4) is 0 Å². The highest BCUT2D eigenvalue weighted by Gasteiger charge is 2.38. The maximum Gasteiger partial charge on any atom is 0.254 e. The molecule has 0 radical (unpaired) electrons. The Kier molecular flexibility index (Phi) is 4.55. The van der Waals surface area contributed by atoms with Crippen LogP contribution in [-0.2, 0) is 0 Å². The number of carbonyl (C=O) groups excluding carboxylic acids is 1. The first kappa shape index (κ1) is 16.5. The molecule has 0 aliphatic carbocycles. The Morgan fingerprint density at radius 3 is 2.58 bits per heavy atom. The summed E-state index contributed by atoms with van der Waals surface area (Å²) in [5.41, 5.74) is -0.646. The van der Waals surface area contributed by atoms with Gasteiger partial charge in [0.25, 0.3) is 5.91 Å². The zero-order valence-corrected chi connectivity index (χ0v) is 13.6. The van der Waals surface area contributed by atoms with Gasteiger partial charge < -0.3 is 19.8 Å². The van der Waals surface area contributed by atoms with E-state index >= 15 is 0 Å². The standard InChI is InChI=1S/C19H21NO4/c1-19(23)10-11-20(13-17(19)21)18(22)14-6-5-9-16(12-14)24-15-7-3-2-4-8-15/h2-9,12,17,21,23H,10-11,13H2,1H3/t17-,19-/m1/s1. The van der Waals surface area contributed by atoms with E-state index in [-0.39, 0.29) is 12.5 Å². The van der Waals surface area contributed by atoms with Gasteiger partial charge in [0.05, 0.1) is 11.7 Å². The van der Waals surface area contributed by atoms with Crippen molar-refractivity contribution in [3.05, 3.63) is 60.2 Å². The van der Waals surface area contributed by atoms with Crippen LogP contribution in [-0.4, -0.2) is 45.8 Å². The number of benzene rings is 2. The number of carbonyl (C=O) groups is 1. The van der Waals surface area contributed by atoms with E-state index in [0.717, 1.165) is 0 Å². The first-order valence-corrected chi connectivity index (χ1v) is 7.98. The summed E-state index contributed by atoms with van der Waals surface area (Å²) in [4.78, 5) is 14.2. The molecule has 0 saturated carbocycles. The molecule has 126 valence electrons. The third-order valence-electron chi connectivity index (χ3n) is 4.35. The van der Waals surface area contributed by atoms with E-state index in [2.05, 4.69) is 0 Å². The Morgan fingerprint density at radius 2 is 1.88 bits per heavy atom. The van der Waals surface area contributed by atoms with Crippen LogP contribution in [0.5, 0.6) is 11.5 Å². The molecule has 2 N–H and O–H groups in total. The normalized spacial score (nSPS) is 23.8. The Bertz CT molecular complexity index is 714. The molecule has 24 heavy (non-hydrogen) atoms. The lowest BCUT2D eigenvalue weighted by atomic mass is 9.90. The van der Waals surface area contributed by atoms with Gasteiger partial charge in [0.1, 0.15) is 11.5 Å². The second-order valence-electron chi connectivity index (χ2n) is 6.32. The van der Waals surface area contributed by atoms with Gasteiger partial charge in [0.2, 0.25) is 0 Å². The van der Waals surface area contributed by atoms with Gasteiger partial charge in [-0.1, -0.05) is 24.3 Å². The number of hydrogen-bond donors (Lipinski definition) is 2. The number of β-amino-alcohol motifs (C(OH)–C–C–N with tert-alkyl or cyclic N) is 1. The summed E-state index contributed by atoms with van der Waals surface area (Å²) in [6, 6.07) is 16.3. The molecular formula is C19H21NO4. The van der Waals surface area contributed by atoms with Gasteiger partial charge in [-0.05, 0) is 43.7 Å². The van der Waals surface area contributed by atoms with Crippen LogP contribution >= 0.6 is 0 Å². The van der Waals surface area contributed by atoms with E-state index in [0.29, 0.717) is 30.0 Å². The summed E-state index contributed by atoms with van der Waals surface area (Å²) < 4.78 is 5.75. The fourth-order valence-corrected chi connectivity index (χ4v) is 2.71. The highest BCUT2D eigenvalue weighted by molar-refractivity contribution is 5.94. The minimum absolute atomic E-state index is 0.121. The predicted molar refractivity (Wildman–Crippen MR) is 90.1 cm³/mol. The molecule has 1 fully saturated rings. The molecule has 1 saturated heterocycles. The zero-order valence-electron chi connectivity index (χ0n) is 13.6. The number of piperidine rings is 1. The number of hydrogen-bond acceptors (Lipinski definition) is 4. The molecule has 2 aromatic carbocycles. The van der Waals surface area contributed by atoms with E-state index in [1.807, 2.05) is 30.3 Å². The molecule has 5 nitrogen and oxygen atoms in total. The minimum Gasteiger partial charge on any atom is -0.457 e. The highest BCUT2D eigenvalue weighted by atomic mass is 16.5. The molecule has 3 rings (SSSR count). The van der Waals surface area contributed by atoms with Crippen molar-refractivity contribution in [3.8, 4) is 11.5 Å². The van der Waals surface area contributed by atoms with Crippen LogP contribution in [0.4, 0.5) is 0 Å². The molecule has 0 spiro atoms. The van der Waals surface area contributed by atoms with Crippen molar-refractivity contribution in [1.82, 2.24) is 4.90 Å². The fourth-order valence-electron chi connectivity index (χ4n) is 2.71. The number of nitrogens with zero attached hydrogens (tertiary/aromatic N) is 1. The molecule has 1 aliphatic heterocycles. The van der Waals surface area contributed by atoms with Gasteiger partial charge in [-0.25, -0.2) is 0 Å². The number of amides is 1. The number of aliphatic hydroxyl groups is 2. The molecule has 1 amide bonds. The lowest BCUT2D eigenvalue weighted by molar-refractivity contribution is -0.0999. The Balaban J connectivity index is 1.73. The Hall–Kier alpha value is -2.37. The first-order chi connectivity index (χ1) is 11.5. The molecule has 2 aromatic rings. The monoisotopic (exact) mass is 327 g/mol. The molecule has 2 atom stereocenters. The van der Waals surface area contributed by atoms with Crippen molar-refractivity contribution < 1.29 is 19.7 Å². The van der Waals surface area contributed by atoms with Gasteiger partial charge in [-0.15, -0.1) is 0 Å². The third-order valence-corrected chi connectivity index (χ3v) is 4.35. The van der Waals surface area contributed by atoms with E-state index in [1.54, 1.807) is 36.1 Å². The van der Waals surface area contributed by atoms with Gasteiger partial charge in [0, 0.05) is 18.7 Å². The van der Waals surface area contributed by atoms with Crippen LogP contribution in [0.2, 0.25) is 0 Å². The van der Waals surface area contributed by atoms with Crippen molar-refractivity contribution in [2.45, 2.75) is 25.0 Å². The number of aliphatic hydroxyl groups excluding tert-OH is 1. The maximum atomic E-state index is 12.6. The van der Waals surface area contributed by atoms with E-state index < -0.39 is 11.7 Å². The molecular weight excluding hydrogens is 306 g/mol. The van der Waals surface area contributed by atoms with E-state index in [9.17, 15) is 15.0 Å². The van der Waals surface area contributed by atoms with Gasteiger partial charge in [-0.2, -0.15) is 0 Å². The number of rotatable bonds is 3. The summed E-state index contributed by atoms with van der Waals surface area (Å²) >= 11 is 0. The Labute approximate surface area is 141 Å². The zero-order chi connectivity index (χ0) is 17.2. The molecule has 5 heteroatoms. The van der Waals surface area contributed by atoms with Crippen molar-refractivity contribution in [3.63, 3.8) is 0 Å².